The molecule has 0 bridgehead atoms. The molecular weight excluding hydrogens is 301 g/mol. The molecule has 0 saturated carbocycles. The third-order valence-electron chi connectivity index (χ3n) is 1.96. The summed E-state index contributed by atoms with van der Waals surface area (Å²) in [6, 6.07) is -0.305. The van der Waals surface area contributed by atoms with Gasteiger partial charge in [0.2, 0.25) is 0 Å². The Labute approximate surface area is 94.4 Å². The van der Waals surface area contributed by atoms with E-state index < -0.39 is 8.03 Å². The van der Waals surface area contributed by atoms with Crippen LogP contribution < -0.4 is 0 Å². The van der Waals surface area contributed by atoms with E-state index in [2.05, 4.69) is 22.6 Å². The van der Waals surface area contributed by atoms with E-state index in [1.807, 2.05) is 13.8 Å². The highest BCUT2D eigenvalue weighted by Gasteiger charge is 2.43. The molecule has 3 nitrogen and oxygen atoms in total. The van der Waals surface area contributed by atoms with Crippen LogP contribution in [0.3, 0.4) is 0 Å². The predicted molar refractivity (Wildman–Crippen MR) is 60.9 cm³/mol. The van der Waals surface area contributed by atoms with Crippen molar-refractivity contribution in [2.45, 2.75) is 36.0 Å². The molecule has 0 spiro atoms. The first-order valence-electron chi connectivity index (χ1n) is 4.22. The Bertz CT molecular complexity index is 204. The highest BCUT2D eigenvalue weighted by molar-refractivity contribution is 14.1. The summed E-state index contributed by atoms with van der Waals surface area (Å²) in [5.74, 6) is 0. The van der Waals surface area contributed by atoms with Crippen LogP contribution in [0, 0.1) is 0 Å². The van der Waals surface area contributed by atoms with Crippen LogP contribution in [0.5, 0.6) is 0 Å². The van der Waals surface area contributed by atoms with Crippen LogP contribution in [-0.2, 0) is 13.8 Å². The molecule has 0 amide bonds. The molecule has 6 heteroatoms. The van der Waals surface area contributed by atoms with Gasteiger partial charge in [0.05, 0.1) is 10.0 Å². The minimum Gasteiger partial charge on any atom is -0.381 e. The van der Waals surface area contributed by atoms with Gasteiger partial charge in [-0.1, -0.05) is 22.6 Å². The van der Waals surface area contributed by atoms with E-state index >= 15 is 0 Å². The summed E-state index contributed by atoms with van der Waals surface area (Å²) in [6.45, 7) is 3.73. The molecule has 13 heavy (non-hydrogen) atoms. The highest BCUT2D eigenvalue weighted by Crippen LogP contribution is 2.35. The van der Waals surface area contributed by atoms with Gasteiger partial charge < -0.3 is 4.74 Å². The van der Waals surface area contributed by atoms with Crippen molar-refractivity contribution in [1.82, 2.24) is 0 Å². The molecule has 1 saturated heterocycles. The molecule has 0 N–H and O–H groups in total. The van der Waals surface area contributed by atoms with Crippen molar-refractivity contribution >= 4 is 38.5 Å². The molecule has 72 valence electrons. The summed E-state index contributed by atoms with van der Waals surface area (Å²) in [5.41, 5.74) is 0. The molecule has 4 unspecified atom stereocenters. The molecule has 0 aromatic rings. The third-order valence-corrected chi connectivity index (χ3v) is 4.37. The normalized spacial score (nSPS) is 40.7. The summed E-state index contributed by atoms with van der Waals surface area (Å²) < 4.78 is 22.0. The summed E-state index contributed by atoms with van der Waals surface area (Å²) >= 11 is 2.18. The van der Waals surface area contributed by atoms with Gasteiger partial charge in [-0.15, -0.1) is 4.52 Å². The Kier molecular flexibility index (Phi) is 4.62. The Balaban J connectivity index is 2.53. The second kappa shape index (κ2) is 5.05. The van der Waals surface area contributed by atoms with Crippen molar-refractivity contribution < 1.29 is 13.8 Å². The zero-order valence-electron chi connectivity index (χ0n) is 7.64. The van der Waals surface area contributed by atoms with E-state index in [0.717, 1.165) is 0 Å². The maximum Gasteiger partial charge on any atom is 0.508 e. The molecule has 2 radical (unpaired) electrons. The van der Waals surface area contributed by atoms with E-state index in [1.165, 1.54) is 0 Å². The van der Waals surface area contributed by atoms with Crippen molar-refractivity contribution in [1.29, 1.82) is 0 Å². The van der Waals surface area contributed by atoms with E-state index in [4.69, 9.17) is 17.1 Å². The zero-order chi connectivity index (χ0) is 10.0. The van der Waals surface area contributed by atoms with Crippen molar-refractivity contribution in [3.8, 4) is 0 Å². The average Bonchev–Trinajstić information content (AvgIpc) is 2.32. The van der Waals surface area contributed by atoms with Crippen LogP contribution in [0.1, 0.15) is 13.8 Å². The first-order valence-corrected chi connectivity index (χ1v) is 6.83. The van der Waals surface area contributed by atoms with E-state index in [-0.39, 0.29) is 22.1 Å². The largest absolute Gasteiger partial charge is 0.508 e. The topological polar surface area (TPSA) is 35.5 Å². The van der Waals surface area contributed by atoms with Crippen LogP contribution in [0.2, 0.25) is 0 Å². The van der Waals surface area contributed by atoms with Crippen LogP contribution in [-0.4, -0.2) is 36.1 Å². The number of alkyl halides is 1. The number of ether oxygens (including phenoxy) is 1. The van der Waals surface area contributed by atoms with Crippen LogP contribution in [0.15, 0.2) is 0 Å². The van der Waals surface area contributed by atoms with E-state index in [0.29, 0.717) is 6.16 Å². The van der Waals surface area contributed by atoms with Crippen molar-refractivity contribution in [2.24, 2.45) is 0 Å². The lowest BCUT2D eigenvalue weighted by molar-refractivity contribution is 0.0585. The predicted octanol–water partition coefficient (Wildman–Crippen LogP) is 1.85. The van der Waals surface area contributed by atoms with Gasteiger partial charge in [-0.3, -0.25) is 0 Å². The zero-order valence-corrected chi connectivity index (χ0v) is 10.7. The highest BCUT2D eigenvalue weighted by atomic mass is 127. The Morgan fingerprint density at radius 1 is 1.69 bits per heavy atom. The first kappa shape index (κ1) is 11.9. The fourth-order valence-electron chi connectivity index (χ4n) is 1.20. The van der Waals surface area contributed by atoms with Crippen molar-refractivity contribution in [3.05, 3.63) is 0 Å². The second-order valence-electron chi connectivity index (χ2n) is 2.97. The van der Waals surface area contributed by atoms with E-state index in [1.54, 1.807) is 0 Å². The lowest BCUT2D eigenvalue weighted by Crippen LogP contribution is -2.27. The van der Waals surface area contributed by atoms with Gasteiger partial charge in [-0.05, 0) is 18.4 Å². The molecule has 1 aliphatic rings. The quantitative estimate of drug-likeness (QED) is 0.345. The Morgan fingerprint density at radius 3 is 2.69 bits per heavy atom. The standard InChI is InChI=1S/C7H12BIO3P/c1-3-13(10)12-6-4(2)11-7(8)5(6)9/h4-7H,3H2,1-2H3/q+1/t4?,5?,6-,7?/m0/s1. The molecule has 1 fully saturated rings. The van der Waals surface area contributed by atoms with Gasteiger partial charge >= 0.3 is 8.03 Å². The molecule has 0 aromatic heterocycles. The van der Waals surface area contributed by atoms with Crippen LogP contribution >= 0.6 is 30.6 Å². The lowest BCUT2D eigenvalue weighted by Gasteiger charge is -2.09. The Hall–Kier alpha value is 0.815. The number of halogens is 1. The van der Waals surface area contributed by atoms with Gasteiger partial charge in [-0.2, -0.15) is 0 Å². The van der Waals surface area contributed by atoms with Crippen molar-refractivity contribution in [2.75, 3.05) is 6.16 Å². The SMILES string of the molecule is [B]C1OC(C)[C@H](O[P+](=O)CC)C1I. The maximum absolute atomic E-state index is 11.2. The monoisotopic (exact) mass is 313 g/mol. The molecule has 5 atom stereocenters. The Morgan fingerprint density at radius 2 is 2.31 bits per heavy atom. The smallest absolute Gasteiger partial charge is 0.381 e. The third kappa shape index (κ3) is 2.88. The molecular formula is C7H12BIO3P+. The fraction of sp³-hybridized carbons (Fsp3) is 1.00. The second-order valence-corrected chi connectivity index (χ2v) is 5.92. The van der Waals surface area contributed by atoms with Gasteiger partial charge in [0.25, 0.3) is 0 Å². The minimum absolute atomic E-state index is 0.0672. The number of hydrogen-bond acceptors (Lipinski definition) is 3. The molecule has 0 aromatic carbocycles. The number of hydrogen-bond donors (Lipinski definition) is 0. The van der Waals surface area contributed by atoms with Crippen molar-refractivity contribution in [3.63, 3.8) is 0 Å². The summed E-state index contributed by atoms with van der Waals surface area (Å²) in [5, 5.41) is 0. The summed E-state index contributed by atoms with van der Waals surface area (Å²) in [7, 11) is 4.12. The molecule has 0 aliphatic carbocycles. The van der Waals surface area contributed by atoms with Gasteiger partial charge in [-0.25, -0.2) is 0 Å². The fourth-order valence-corrected chi connectivity index (χ4v) is 3.06. The summed E-state index contributed by atoms with van der Waals surface area (Å²) in [6.07, 6.45) is 0.332. The maximum atomic E-state index is 11.2. The van der Waals surface area contributed by atoms with Gasteiger partial charge in [0, 0.05) is 6.00 Å². The van der Waals surface area contributed by atoms with Gasteiger partial charge in [0.15, 0.2) is 12.3 Å². The first-order chi connectivity index (χ1) is 6.06. The average molecular weight is 313 g/mol. The van der Waals surface area contributed by atoms with Gasteiger partial charge in [0.1, 0.15) is 7.85 Å². The minimum atomic E-state index is -1.55. The molecule has 1 rings (SSSR count). The molecule has 1 aliphatic heterocycles. The summed E-state index contributed by atoms with van der Waals surface area (Å²) in [4.78, 5) is 0. The lowest BCUT2D eigenvalue weighted by atomic mass is 9.96. The number of rotatable bonds is 3. The molecule has 1 heterocycles. The van der Waals surface area contributed by atoms with Crippen LogP contribution in [0.25, 0.3) is 0 Å². The van der Waals surface area contributed by atoms with E-state index in [9.17, 15) is 4.57 Å². The van der Waals surface area contributed by atoms with Crippen LogP contribution in [0.4, 0.5) is 0 Å².